The molecule has 5 heterocycles. The fourth-order valence-corrected chi connectivity index (χ4v) is 15.0. The number of aliphatic hydroxyl groups is 17. The van der Waals surface area contributed by atoms with E-state index < -0.39 is 209 Å². The van der Waals surface area contributed by atoms with Crippen molar-refractivity contribution in [1.82, 2.24) is 0 Å². The summed E-state index contributed by atoms with van der Waals surface area (Å²) in [7, 11) is 0. The van der Waals surface area contributed by atoms with Gasteiger partial charge >= 0.3 is 5.97 Å². The van der Waals surface area contributed by atoms with Crippen LogP contribution in [-0.2, 0) is 52.2 Å². The molecule has 0 amide bonds. The number of carbonyl (C=O) groups excluding carboxylic acids is 1. The molecule has 1 spiro atoms. The Hall–Kier alpha value is -1.83. The Morgan fingerprint density at radius 2 is 0.885 bits per heavy atom. The van der Waals surface area contributed by atoms with E-state index in [0.29, 0.717) is 51.4 Å². The zero-order valence-corrected chi connectivity index (χ0v) is 43.3. The first-order valence-electron chi connectivity index (χ1n) is 26.9. The normalized spacial score (nSPS) is 54.5. The van der Waals surface area contributed by atoms with E-state index >= 15 is 0 Å². The van der Waals surface area contributed by atoms with Crippen LogP contribution in [0, 0.1) is 28.1 Å². The van der Waals surface area contributed by atoms with Gasteiger partial charge in [0.1, 0.15) is 122 Å². The average Bonchev–Trinajstić information content (AvgIpc) is 3.70. The van der Waals surface area contributed by atoms with Crippen LogP contribution in [0.2, 0.25) is 0 Å². The Kier molecular flexibility index (Phi) is 18.2. The molecule has 9 aliphatic rings. The van der Waals surface area contributed by atoms with Crippen LogP contribution in [0.1, 0.15) is 71.6 Å². The van der Waals surface area contributed by atoms with Crippen molar-refractivity contribution >= 4 is 5.97 Å². The summed E-state index contributed by atoms with van der Waals surface area (Å²) in [5.74, 6) is -0.910. The molecule has 0 unspecified atom stereocenters. The van der Waals surface area contributed by atoms with E-state index in [4.69, 9.17) is 47.4 Å². The maximum Gasteiger partial charge on any atom is 0.314 e. The van der Waals surface area contributed by atoms with Crippen LogP contribution in [0.5, 0.6) is 0 Å². The molecule has 4 saturated carbocycles. The van der Waals surface area contributed by atoms with Crippen molar-refractivity contribution in [3.8, 4) is 0 Å². The lowest BCUT2D eigenvalue weighted by molar-refractivity contribution is -0.383. The molecule has 9 fully saturated rings. The molecule has 17 N–H and O–H groups in total. The van der Waals surface area contributed by atoms with Crippen LogP contribution in [0.3, 0.4) is 0 Å². The predicted octanol–water partition coefficient (Wildman–Crippen LogP) is -7.29. The summed E-state index contributed by atoms with van der Waals surface area (Å²) in [6, 6.07) is 0. The highest BCUT2D eigenvalue weighted by atomic mass is 16.8. The van der Waals surface area contributed by atoms with Gasteiger partial charge in [0.15, 0.2) is 25.2 Å². The SMILES string of the molecule is C=C1C[C@@]23CC[C@H]4[C@@](C)(CCC[C@@]4(C)C(=O)O[C@@H]4O[C@H](CO)[C@@H](O[C@H]5O[C@H](CO)[C@@H](O)[C@H](O)[C@H]5O)[C@H](O)[C@H]4O)[C@@H]2CC[C@]1(O[C@@H]1O[C@H](CO)[C@@H](O[C@H]2O[C@H](CO)[C@@H](O[C@H]4O[C@H](CO)[C@@H](O)[C@H](O)[C@H]4O)[C@H](O)[C@H]2O)[C@H](O)[C@H]1O)C3. The summed E-state index contributed by atoms with van der Waals surface area (Å²) in [4.78, 5) is 14.6. The fourth-order valence-electron chi connectivity index (χ4n) is 15.0. The first-order chi connectivity index (χ1) is 36.9. The zero-order chi connectivity index (χ0) is 56.7. The topological polar surface area (TPSA) is 453 Å². The lowest BCUT2D eigenvalue weighted by atomic mass is 9.41. The number of hydrogen-bond acceptors (Lipinski definition) is 28. The molecule has 78 heavy (non-hydrogen) atoms. The van der Waals surface area contributed by atoms with E-state index in [1.807, 2.05) is 6.92 Å². The van der Waals surface area contributed by atoms with Crippen molar-refractivity contribution in [3.05, 3.63) is 12.2 Å². The highest BCUT2D eigenvalue weighted by Gasteiger charge is 2.70. The molecule has 28 nitrogen and oxygen atoms in total. The molecule has 9 rings (SSSR count). The number of carbonyl (C=O) groups is 1. The maximum absolute atomic E-state index is 14.6. The quantitative estimate of drug-likeness (QED) is 0.0411. The van der Waals surface area contributed by atoms with Gasteiger partial charge in [-0.25, -0.2) is 0 Å². The average molecular weight is 1130 g/mol. The Labute approximate surface area is 448 Å². The number of aliphatic hydroxyl groups excluding tert-OH is 17. The Balaban J connectivity index is 0.831. The zero-order valence-electron chi connectivity index (χ0n) is 43.3. The van der Waals surface area contributed by atoms with Gasteiger partial charge in [-0.05, 0) is 86.5 Å². The fraction of sp³-hybridized carbons (Fsp3) is 0.940. The molecule has 5 saturated heterocycles. The van der Waals surface area contributed by atoms with Gasteiger partial charge < -0.3 is 134 Å². The van der Waals surface area contributed by atoms with Crippen molar-refractivity contribution in [2.75, 3.05) is 33.0 Å². The van der Waals surface area contributed by atoms with Gasteiger partial charge in [0.2, 0.25) is 6.29 Å². The smallest absolute Gasteiger partial charge is 0.314 e. The van der Waals surface area contributed by atoms with E-state index in [1.165, 1.54) is 0 Å². The van der Waals surface area contributed by atoms with Crippen LogP contribution in [-0.4, -0.2) is 285 Å². The van der Waals surface area contributed by atoms with Crippen molar-refractivity contribution < 1.29 is 139 Å². The van der Waals surface area contributed by atoms with E-state index in [1.54, 1.807) is 0 Å². The van der Waals surface area contributed by atoms with E-state index in [2.05, 4.69) is 13.5 Å². The van der Waals surface area contributed by atoms with Crippen LogP contribution in [0.4, 0.5) is 0 Å². The number of ether oxygens (including phenoxy) is 10. The molecule has 5 aliphatic heterocycles. The number of hydrogen-bond donors (Lipinski definition) is 17. The van der Waals surface area contributed by atoms with Crippen LogP contribution < -0.4 is 0 Å². The molecule has 448 valence electrons. The first kappa shape index (κ1) is 60.8. The highest BCUT2D eigenvalue weighted by molar-refractivity contribution is 5.77. The minimum Gasteiger partial charge on any atom is -0.432 e. The molecule has 28 heteroatoms. The van der Waals surface area contributed by atoms with E-state index in [9.17, 15) is 91.6 Å². The van der Waals surface area contributed by atoms with Crippen molar-refractivity contribution in [2.45, 2.75) is 231 Å². The van der Waals surface area contributed by atoms with Gasteiger partial charge in [0.05, 0.1) is 44.1 Å². The summed E-state index contributed by atoms with van der Waals surface area (Å²) in [6.07, 6.45) is -38.0. The first-order valence-corrected chi connectivity index (χ1v) is 26.9. The maximum atomic E-state index is 14.6. The summed E-state index contributed by atoms with van der Waals surface area (Å²) < 4.78 is 58.2. The van der Waals surface area contributed by atoms with Crippen molar-refractivity contribution in [2.24, 2.45) is 28.1 Å². The van der Waals surface area contributed by atoms with Gasteiger partial charge in [-0.1, -0.05) is 19.9 Å². The number of fused-ring (bicyclic) bond motifs is 3. The largest absolute Gasteiger partial charge is 0.432 e. The molecule has 0 radical (unpaired) electrons. The lowest BCUT2D eigenvalue weighted by Crippen LogP contribution is -2.67. The number of esters is 1. The third-order valence-corrected chi connectivity index (χ3v) is 19.2. The summed E-state index contributed by atoms with van der Waals surface area (Å²) >= 11 is 0. The van der Waals surface area contributed by atoms with Crippen molar-refractivity contribution in [3.63, 3.8) is 0 Å². The Morgan fingerprint density at radius 3 is 1.36 bits per heavy atom. The van der Waals surface area contributed by atoms with E-state index in [0.717, 1.165) is 12.0 Å². The van der Waals surface area contributed by atoms with Crippen LogP contribution >= 0.6 is 0 Å². The second-order valence-corrected chi connectivity index (χ2v) is 23.6. The predicted molar refractivity (Wildman–Crippen MR) is 252 cm³/mol. The monoisotopic (exact) mass is 1130 g/mol. The molecule has 4 aliphatic carbocycles. The lowest BCUT2D eigenvalue weighted by Gasteiger charge is -2.64. The molecule has 0 aromatic heterocycles. The van der Waals surface area contributed by atoms with Gasteiger partial charge in [-0.2, -0.15) is 0 Å². The molecular weight excluding hydrogens is 1050 g/mol. The summed E-state index contributed by atoms with van der Waals surface area (Å²) in [6.45, 7) is 4.39. The van der Waals surface area contributed by atoms with Crippen molar-refractivity contribution in [1.29, 1.82) is 0 Å². The minimum absolute atomic E-state index is 0.0255. The van der Waals surface area contributed by atoms with Gasteiger partial charge in [0.25, 0.3) is 0 Å². The van der Waals surface area contributed by atoms with Gasteiger partial charge in [-0.15, -0.1) is 0 Å². The molecule has 2 bridgehead atoms. The third kappa shape index (κ3) is 10.3. The molecule has 31 atom stereocenters. The molecule has 0 aromatic carbocycles. The van der Waals surface area contributed by atoms with E-state index in [-0.39, 0.29) is 17.3 Å². The van der Waals surface area contributed by atoms with Gasteiger partial charge in [0, 0.05) is 0 Å². The van der Waals surface area contributed by atoms with Crippen LogP contribution in [0.15, 0.2) is 12.2 Å². The second-order valence-electron chi connectivity index (χ2n) is 23.6. The number of rotatable bonds is 15. The van der Waals surface area contributed by atoms with Gasteiger partial charge in [-0.3, -0.25) is 4.79 Å². The Morgan fingerprint density at radius 1 is 0.487 bits per heavy atom. The Bertz CT molecular complexity index is 2070. The van der Waals surface area contributed by atoms with Crippen LogP contribution in [0.25, 0.3) is 0 Å². The molecular formula is C50H80O28. The second kappa shape index (κ2) is 23.3. The standard InChI is InChI=1S/C50H80O28/c1-18-11-49-9-5-24-47(2,7-4-8-48(24,3)46(68)77-44-36(66)31(61)39(22(15-54)72-44)75-42-34(64)29(59)27(57)20(13-52)70-42)25(49)6-10-50(18,17-49)78-45-37(67)32(62)40(23(16-55)73-45)76-43-35(65)30(60)38(21(14-53)71-43)74-41-33(63)28(58)26(56)19(12-51)69-41/h19-45,51-67H,1,4-17H2,2-3H3/t19-,20-,21-,22-,23-,24+,25+,26-,27-,28+,29+,30-,31-,32-,33-,34-,35-,36-,37-,38-,39-,40-,41-,42-,43-,44+,45+,47-,48-,49-,50+/m1/s1. The third-order valence-electron chi connectivity index (χ3n) is 19.2. The summed E-state index contributed by atoms with van der Waals surface area (Å²) in [5, 5.41) is 180. The minimum atomic E-state index is -2.00. The molecule has 0 aromatic rings. The summed E-state index contributed by atoms with van der Waals surface area (Å²) in [5.41, 5.74) is -2.28. The highest BCUT2D eigenvalue weighted by Crippen LogP contribution is 2.74.